The number of nitrogens with two attached hydrogens (primary N) is 1. The molecule has 2 aromatic rings. The van der Waals surface area contributed by atoms with Crippen molar-refractivity contribution in [3.8, 4) is 0 Å². The Morgan fingerprint density at radius 3 is 2.56 bits per heavy atom. The van der Waals surface area contributed by atoms with E-state index in [0.717, 1.165) is 30.7 Å². The van der Waals surface area contributed by atoms with Crippen LogP contribution in [0.3, 0.4) is 0 Å². The minimum Gasteiger partial charge on any atom is -0.320 e. The van der Waals surface area contributed by atoms with Gasteiger partial charge in [-0.3, -0.25) is 0 Å². The zero-order chi connectivity index (χ0) is 13.3. The number of benzene rings is 2. The maximum Gasteiger partial charge on any atom is 0.0578 e. The molecule has 1 unspecified atom stereocenters. The molecule has 0 aliphatic carbocycles. The summed E-state index contributed by atoms with van der Waals surface area (Å²) in [5.41, 5.74) is 9.31. The van der Waals surface area contributed by atoms with Gasteiger partial charge in [-0.25, -0.2) is 0 Å². The number of hydrogen-bond donors (Lipinski definition) is 1. The fourth-order valence-electron chi connectivity index (χ4n) is 1.83. The summed E-state index contributed by atoms with van der Waals surface area (Å²) in [5.74, 6) is 0. The Kier molecular flexibility index (Phi) is 4.49. The minimum atomic E-state index is -0.246. The van der Waals surface area contributed by atoms with E-state index < -0.39 is 0 Å². The fraction of sp³-hybridized carbons (Fsp3) is 0.143. The molecule has 0 bridgehead atoms. The molecule has 2 rings (SSSR count). The van der Waals surface area contributed by atoms with Crippen molar-refractivity contribution in [2.45, 2.75) is 13.0 Å². The zero-order valence-corrected chi connectivity index (χ0v) is 13.7. The molecule has 0 amide bonds. The second kappa shape index (κ2) is 5.74. The average molecular weight is 390 g/mol. The molecule has 2 N–H and O–H groups in total. The number of aryl methyl sites for hydroxylation is 1. The lowest BCUT2D eigenvalue weighted by Gasteiger charge is -2.17. The van der Waals surface area contributed by atoms with Crippen molar-refractivity contribution in [3.63, 3.8) is 0 Å². The second-order valence-corrected chi connectivity index (χ2v) is 6.27. The van der Waals surface area contributed by atoms with E-state index in [4.69, 9.17) is 17.3 Å². The molecule has 0 aliphatic heterocycles. The molecule has 0 saturated heterocycles. The van der Waals surface area contributed by atoms with Gasteiger partial charge in [0.15, 0.2) is 0 Å². The third kappa shape index (κ3) is 2.80. The first kappa shape index (κ1) is 14.1. The van der Waals surface area contributed by atoms with Gasteiger partial charge in [0.05, 0.1) is 6.04 Å². The van der Waals surface area contributed by atoms with Crippen LogP contribution in [0.4, 0.5) is 0 Å². The van der Waals surface area contributed by atoms with Gasteiger partial charge < -0.3 is 5.73 Å². The molecule has 4 heteroatoms. The molecule has 1 nitrogen and oxygen atoms in total. The molecule has 0 heterocycles. The van der Waals surface area contributed by atoms with Crippen molar-refractivity contribution >= 4 is 43.5 Å². The second-order valence-electron chi connectivity index (χ2n) is 4.12. The Morgan fingerprint density at radius 2 is 1.83 bits per heavy atom. The van der Waals surface area contributed by atoms with E-state index in [1.165, 1.54) is 0 Å². The Balaban J connectivity index is 2.51. The van der Waals surface area contributed by atoms with Crippen LogP contribution >= 0.6 is 43.5 Å². The van der Waals surface area contributed by atoms with Crippen molar-refractivity contribution in [1.82, 2.24) is 0 Å². The highest BCUT2D eigenvalue weighted by Gasteiger charge is 2.16. The smallest absolute Gasteiger partial charge is 0.0578 e. The lowest BCUT2D eigenvalue weighted by Crippen LogP contribution is -2.13. The van der Waals surface area contributed by atoms with E-state index in [1.807, 2.05) is 43.3 Å². The topological polar surface area (TPSA) is 26.0 Å². The summed E-state index contributed by atoms with van der Waals surface area (Å²) in [5, 5.41) is 0.733. The molecule has 94 valence electrons. The first-order valence-corrected chi connectivity index (χ1v) is 7.42. The van der Waals surface area contributed by atoms with Crippen molar-refractivity contribution in [3.05, 3.63) is 67.1 Å². The van der Waals surface area contributed by atoms with Crippen LogP contribution < -0.4 is 5.73 Å². The van der Waals surface area contributed by atoms with E-state index in [-0.39, 0.29) is 6.04 Å². The number of halogens is 3. The third-order valence-corrected chi connectivity index (χ3v) is 4.58. The van der Waals surface area contributed by atoms with Crippen LogP contribution in [-0.4, -0.2) is 0 Å². The van der Waals surface area contributed by atoms with Gasteiger partial charge in [-0.05, 0) is 41.8 Å². The van der Waals surface area contributed by atoms with Gasteiger partial charge in [-0.2, -0.15) is 0 Å². The summed E-state index contributed by atoms with van der Waals surface area (Å²) >= 11 is 13.3. The van der Waals surface area contributed by atoms with Gasteiger partial charge in [-0.1, -0.05) is 61.7 Å². The summed E-state index contributed by atoms with van der Waals surface area (Å²) in [6.07, 6.45) is 0. The maximum atomic E-state index is 6.32. The molecular formula is C14H12Br2ClN. The molecule has 18 heavy (non-hydrogen) atoms. The Labute approximate surface area is 129 Å². The summed E-state index contributed by atoms with van der Waals surface area (Å²) in [4.78, 5) is 0. The highest BCUT2D eigenvalue weighted by molar-refractivity contribution is 9.11. The zero-order valence-electron chi connectivity index (χ0n) is 9.75. The fourth-order valence-corrected chi connectivity index (χ4v) is 2.95. The Bertz CT molecular complexity index is 582. The lowest BCUT2D eigenvalue weighted by atomic mass is 9.98. The standard InChI is InChI=1S/C14H12Br2ClN/c1-8-3-2-4-10(13(8)17)14(18)11-7-9(15)5-6-12(11)16/h2-7,14H,18H2,1H3. The van der Waals surface area contributed by atoms with Crippen LogP contribution in [0.25, 0.3) is 0 Å². The van der Waals surface area contributed by atoms with Gasteiger partial charge >= 0.3 is 0 Å². The van der Waals surface area contributed by atoms with Gasteiger partial charge in [-0.15, -0.1) is 0 Å². The normalized spacial score (nSPS) is 12.5. The van der Waals surface area contributed by atoms with Crippen LogP contribution in [0.2, 0.25) is 5.02 Å². The Morgan fingerprint density at radius 1 is 1.11 bits per heavy atom. The molecular weight excluding hydrogens is 377 g/mol. The summed E-state index contributed by atoms with van der Waals surface area (Å²) in [7, 11) is 0. The maximum absolute atomic E-state index is 6.32. The van der Waals surface area contributed by atoms with Crippen LogP contribution in [-0.2, 0) is 0 Å². The van der Waals surface area contributed by atoms with Crippen molar-refractivity contribution in [2.75, 3.05) is 0 Å². The largest absolute Gasteiger partial charge is 0.320 e. The molecule has 0 spiro atoms. The monoisotopic (exact) mass is 387 g/mol. The molecule has 0 aromatic heterocycles. The lowest BCUT2D eigenvalue weighted by molar-refractivity contribution is 0.863. The van der Waals surface area contributed by atoms with Crippen LogP contribution in [0.15, 0.2) is 45.3 Å². The van der Waals surface area contributed by atoms with Crippen molar-refractivity contribution in [1.29, 1.82) is 0 Å². The molecule has 0 radical (unpaired) electrons. The molecule has 0 aliphatic rings. The summed E-state index contributed by atoms with van der Waals surface area (Å²) in [6, 6.07) is 11.6. The average Bonchev–Trinajstić information content (AvgIpc) is 2.35. The molecule has 2 aromatic carbocycles. The van der Waals surface area contributed by atoms with E-state index in [1.54, 1.807) is 0 Å². The highest BCUT2D eigenvalue weighted by atomic mass is 79.9. The highest BCUT2D eigenvalue weighted by Crippen LogP contribution is 2.33. The number of hydrogen-bond acceptors (Lipinski definition) is 1. The SMILES string of the molecule is Cc1cccc(C(N)c2cc(Br)ccc2Br)c1Cl. The Hall–Kier alpha value is -0.350. The first-order valence-electron chi connectivity index (χ1n) is 5.46. The van der Waals surface area contributed by atoms with Gasteiger partial charge in [0.25, 0.3) is 0 Å². The minimum absolute atomic E-state index is 0.246. The number of rotatable bonds is 2. The first-order chi connectivity index (χ1) is 8.50. The molecule has 0 saturated carbocycles. The molecule has 1 atom stereocenters. The quantitative estimate of drug-likeness (QED) is 0.749. The van der Waals surface area contributed by atoms with Crippen molar-refractivity contribution in [2.24, 2.45) is 5.73 Å². The van der Waals surface area contributed by atoms with Crippen LogP contribution in [0.5, 0.6) is 0 Å². The van der Waals surface area contributed by atoms with Crippen molar-refractivity contribution < 1.29 is 0 Å². The predicted molar refractivity (Wildman–Crippen MR) is 84.1 cm³/mol. The third-order valence-electron chi connectivity index (χ3n) is 2.85. The van der Waals surface area contributed by atoms with Crippen LogP contribution in [0.1, 0.15) is 22.7 Å². The predicted octanol–water partition coefficient (Wildman–Crippen LogP) is 5.22. The summed E-state index contributed by atoms with van der Waals surface area (Å²) in [6.45, 7) is 1.98. The van der Waals surface area contributed by atoms with E-state index >= 15 is 0 Å². The molecule has 0 fully saturated rings. The van der Waals surface area contributed by atoms with E-state index in [2.05, 4.69) is 31.9 Å². The van der Waals surface area contributed by atoms with Gasteiger partial charge in [0.2, 0.25) is 0 Å². The van der Waals surface area contributed by atoms with E-state index in [9.17, 15) is 0 Å². The van der Waals surface area contributed by atoms with Gasteiger partial charge in [0, 0.05) is 14.0 Å². The van der Waals surface area contributed by atoms with Crippen LogP contribution in [0, 0.1) is 6.92 Å². The van der Waals surface area contributed by atoms with Gasteiger partial charge in [0.1, 0.15) is 0 Å². The van der Waals surface area contributed by atoms with E-state index in [0.29, 0.717) is 0 Å². The summed E-state index contributed by atoms with van der Waals surface area (Å²) < 4.78 is 1.98.